The molecule has 0 spiro atoms. The van der Waals surface area contributed by atoms with Crippen molar-refractivity contribution >= 4 is 5.97 Å². The number of aliphatic carboxylic acids is 1. The van der Waals surface area contributed by atoms with Gasteiger partial charge in [-0.1, -0.05) is 32.8 Å². The number of rotatable bonds is 6. The molecule has 0 aromatic heterocycles. The van der Waals surface area contributed by atoms with Crippen LogP contribution in [0, 0.1) is 11.8 Å². The van der Waals surface area contributed by atoms with E-state index in [9.17, 15) is 9.90 Å². The van der Waals surface area contributed by atoms with E-state index in [0.717, 1.165) is 42.9 Å². The van der Waals surface area contributed by atoms with Crippen LogP contribution < -0.4 is 9.47 Å². The number of fused-ring (bicyclic) bond motifs is 1. The number of carboxylic acids is 1. The van der Waals surface area contributed by atoms with E-state index in [0.29, 0.717) is 5.92 Å². The van der Waals surface area contributed by atoms with Gasteiger partial charge in [0.2, 0.25) is 6.79 Å². The average molecular weight is 333 g/mol. The monoisotopic (exact) mass is 333 g/mol. The highest BCUT2D eigenvalue weighted by Crippen LogP contribution is 2.43. The lowest BCUT2D eigenvalue weighted by atomic mass is 9.81. The van der Waals surface area contributed by atoms with Gasteiger partial charge in [-0.25, -0.2) is 0 Å². The van der Waals surface area contributed by atoms with E-state index in [-0.39, 0.29) is 24.7 Å². The van der Waals surface area contributed by atoms with Crippen LogP contribution in [0.3, 0.4) is 0 Å². The van der Waals surface area contributed by atoms with E-state index in [1.807, 2.05) is 18.2 Å². The van der Waals surface area contributed by atoms with Gasteiger partial charge >= 0.3 is 5.97 Å². The number of likely N-dealkylation sites (N-methyl/N-ethyl adjacent to an activating group) is 1. The highest BCUT2D eigenvalue weighted by atomic mass is 16.7. The predicted octanol–water partition coefficient (Wildman–Crippen LogP) is 3.34. The molecule has 1 N–H and O–H groups in total. The number of likely N-dealkylation sites (tertiary alicyclic amines) is 1. The Morgan fingerprint density at radius 2 is 2.00 bits per heavy atom. The maximum absolute atomic E-state index is 12.1. The number of hydrogen-bond donors (Lipinski definition) is 1. The molecule has 3 rings (SSSR count). The van der Waals surface area contributed by atoms with Crippen molar-refractivity contribution in [3.05, 3.63) is 23.8 Å². The van der Waals surface area contributed by atoms with Crippen molar-refractivity contribution in [3.8, 4) is 11.5 Å². The standard InChI is InChI=1S/C19H27NO4/c1-4-12(5-2)8-15-18(19(21)22)14(10-20(15)3)13-6-7-16-17(9-13)24-11-23-16/h6-7,9,12,14-15,18H,4-5,8,10-11H2,1-3H3,(H,21,22). The zero-order chi connectivity index (χ0) is 17.3. The van der Waals surface area contributed by atoms with Gasteiger partial charge in [0.15, 0.2) is 11.5 Å². The molecule has 1 saturated heterocycles. The number of nitrogens with zero attached hydrogens (tertiary/aromatic N) is 1. The number of hydrogen-bond acceptors (Lipinski definition) is 4. The SMILES string of the molecule is CCC(CC)CC1C(C(=O)O)C(c2ccc3c(c2)OCO3)CN1C. The second-order valence-electron chi connectivity index (χ2n) is 7.01. The Morgan fingerprint density at radius 1 is 1.29 bits per heavy atom. The molecule has 2 heterocycles. The van der Waals surface area contributed by atoms with Gasteiger partial charge in [-0.05, 0) is 37.1 Å². The van der Waals surface area contributed by atoms with Gasteiger partial charge < -0.3 is 19.5 Å². The van der Waals surface area contributed by atoms with E-state index >= 15 is 0 Å². The Kier molecular flexibility index (Phi) is 4.99. The first-order valence-corrected chi connectivity index (χ1v) is 8.87. The molecule has 0 amide bonds. The van der Waals surface area contributed by atoms with Crippen molar-refractivity contribution in [2.45, 2.75) is 45.1 Å². The number of ether oxygens (including phenoxy) is 2. The molecule has 0 aliphatic carbocycles. The topological polar surface area (TPSA) is 59.0 Å². The van der Waals surface area contributed by atoms with Gasteiger partial charge in [-0.15, -0.1) is 0 Å². The Balaban J connectivity index is 1.86. The molecule has 0 radical (unpaired) electrons. The van der Waals surface area contributed by atoms with E-state index in [1.165, 1.54) is 0 Å². The van der Waals surface area contributed by atoms with Crippen LogP contribution in [-0.4, -0.2) is 42.4 Å². The third-order valence-electron chi connectivity index (χ3n) is 5.74. The van der Waals surface area contributed by atoms with Gasteiger partial charge in [-0.3, -0.25) is 4.79 Å². The van der Waals surface area contributed by atoms with Crippen molar-refractivity contribution < 1.29 is 19.4 Å². The molecule has 1 aromatic rings. The van der Waals surface area contributed by atoms with Crippen LogP contribution in [0.4, 0.5) is 0 Å². The van der Waals surface area contributed by atoms with Gasteiger partial charge in [-0.2, -0.15) is 0 Å². The van der Waals surface area contributed by atoms with E-state index in [2.05, 4.69) is 25.8 Å². The molecule has 2 aliphatic heterocycles. The summed E-state index contributed by atoms with van der Waals surface area (Å²) < 4.78 is 10.8. The highest BCUT2D eigenvalue weighted by Gasteiger charge is 2.45. The summed E-state index contributed by atoms with van der Waals surface area (Å²) in [6.45, 7) is 5.38. The zero-order valence-electron chi connectivity index (χ0n) is 14.7. The summed E-state index contributed by atoms with van der Waals surface area (Å²) >= 11 is 0. The third kappa shape index (κ3) is 3.09. The molecule has 1 fully saturated rings. The van der Waals surface area contributed by atoms with Crippen LogP contribution in [0.15, 0.2) is 18.2 Å². The number of benzene rings is 1. The molecule has 3 atom stereocenters. The average Bonchev–Trinajstić information content (AvgIpc) is 3.16. The van der Waals surface area contributed by atoms with Gasteiger partial charge in [0, 0.05) is 18.5 Å². The summed E-state index contributed by atoms with van der Waals surface area (Å²) in [5, 5.41) is 9.90. The quantitative estimate of drug-likeness (QED) is 0.865. The van der Waals surface area contributed by atoms with Crippen LogP contribution in [0.1, 0.15) is 44.6 Å². The number of carbonyl (C=O) groups is 1. The molecule has 0 bridgehead atoms. The summed E-state index contributed by atoms with van der Waals surface area (Å²) in [4.78, 5) is 14.3. The largest absolute Gasteiger partial charge is 0.481 e. The highest BCUT2D eigenvalue weighted by molar-refractivity contribution is 5.73. The van der Waals surface area contributed by atoms with Crippen molar-refractivity contribution in [1.82, 2.24) is 4.90 Å². The smallest absolute Gasteiger partial charge is 0.308 e. The van der Waals surface area contributed by atoms with Crippen molar-refractivity contribution in [1.29, 1.82) is 0 Å². The first-order chi connectivity index (χ1) is 11.5. The van der Waals surface area contributed by atoms with Crippen molar-refractivity contribution in [2.75, 3.05) is 20.4 Å². The molecule has 3 unspecified atom stereocenters. The first-order valence-electron chi connectivity index (χ1n) is 8.87. The molecule has 5 nitrogen and oxygen atoms in total. The third-order valence-corrected chi connectivity index (χ3v) is 5.74. The molecule has 1 aromatic carbocycles. The second-order valence-corrected chi connectivity index (χ2v) is 7.01. The van der Waals surface area contributed by atoms with E-state index in [4.69, 9.17) is 9.47 Å². The number of carboxylic acid groups (broad SMARTS) is 1. The fourth-order valence-electron chi connectivity index (χ4n) is 4.18. The van der Waals surface area contributed by atoms with Crippen LogP contribution in [0.2, 0.25) is 0 Å². The van der Waals surface area contributed by atoms with E-state index in [1.54, 1.807) is 0 Å². The molecule has 132 valence electrons. The lowest BCUT2D eigenvalue weighted by Crippen LogP contribution is -2.35. The minimum atomic E-state index is -0.696. The zero-order valence-corrected chi connectivity index (χ0v) is 14.7. The summed E-state index contributed by atoms with van der Waals surface area (Å²) in [5.41, 5.74) is 1.03. The molecular formula is C19H27NO4. The Morgan fingerprint density at radius 3 is 2.67 bits per heavy atom. The van der Waals surface area contributed by atoms with Gasteiger partial charge in [0.05, 0.1) is 5.92 Å². The van der Waals surface area contributed by atoms with Crippen LogP contribution in [-0.2, 0) is 4.79 Å². The van der Waals surface area contributed by atoms with Crippen LogP contribution in [0.25, 0.3) is 0 Å². The summed E-state index contributed by atoms with van der Waals surface area (Å²) in [6, 6.07) is 5.92. The van der Waals surface area contributed by atoms with E-state index < -0.39 is 5.97 Å². The Labute approximate surface area is 143 Å². The van der Waals surface area contributed by atoms with Gasteiger partial charge in [0.1, 0.15) is 0 Å². The van der Waals surface area contributed by atoms with Crippen LogP contribution in [0.5, 0.6) is 11.5 Å². The minimum absolute atomic E-state index is 0.0126. The maximum Gasteiger partial charge on any atom is 0.308 e. The molecular weight excluding hydrogens is 306 g/mol. The maximum atomic E-state index is 12.1. The minimum Gasteiger partial charge on any atom is -0.481 e. The molecule has 5 heteroatoms. The first kappa shape index (κ1) is 17.1. The molecule has 24 heavy (non-hydrogen) atoms. The normalized spacial score (nSPS) is 26.2. The lowest BCUT2D eigenvalue weighted by Gasteiger charge is -2.27. The van der Waals surface area contributed by atoms with Crippen molar-refractivity contribution in [2.24, 2.45) is 11.8 Å². The fraction of sp³-hybridized carbons (Fsp3) is 0.632. The second kappa shape index (κ2) is 7.01. The molecule has 0 saturated carbocycles. The van der Waals surface area contributed by atoms with Gasteiger partial charge in [0.25, 0.3) is 0 Å². The summed E-state index contributed by atoms with van der Waals surface area (Å²) in [5.74, 6) is 0.957. The summed E-state index contributed by atoms with van der Waals surface area (Å²) in [7, 11) is 2.05. The Hall–Kier alpha value is -1.75. The Bertz CT molecular complexity index is 599. The van der Waals surface area contributed by atoms with Crippen LogP contribution >= 0.6 is 0 Å². The molecule has 2 aliphatic rings. The summed E-state index contributed by atoms with van der Waals surface area (Å²) in [6.07, 6.45) is 3.14. The van der Waals surface area contributed by atoms with Crippen molar-refractivity contribution in [3.63, 3.8) is 0 Å². The lowest BCUT2D eigenvalue weighted by molar-refractivity contribution is -0.143. The fourth-order valence-corrected chi connectivity index (χ4v) is 4.18. The predicted molar refractivity (Wildman–Crippen MR) is 91.5 cm³/mol.